The topological polar surface area (TPSA) is 99.9 Å². The first-order chi connectivity index (χ1) is 13.3. The Morgan fingerprint density at radius 2 is 1.89 bits per heavy atom. The van der Waals surface area contributed by atoms with Crippen LogP contribution in [0, 0.1) is 13.8 Å². The van der Waals surface area contributed by atoms with Gasteiger partial charge in [0.05, 0.1) is 40.7 Å². The van der Waals surface area contributed by atoms with Crippen molar-refractivity contribution in [1.82, 2.24) is 9.55 Å². The number of hydrogen-bond acceptors (Lipinski definition) is 8. The predicted molar refractivity (Wildman–Crippen MR) is 105 cm³/mol. The number of fused-ring (bicyclic) bond motifs is 1. The summed E-state index contributed by atoms with van der Waals surface area (Å²) in [5, 5.41) is 0.776. The van der Waals surface area contributed by atoms with E-state index in [1.165, 1.54) is 36.9 Å². The lowest BCUT2D eigenvalue weighted by Crippen LogP contribution is -2.22. The smallest absolute Gasteiger partial charge is 0.337 e. The third-order valence-corrected chi connectivity index (χ3v) is 6.02. The van der Waals surface area contributed by atoms with E-state index in [9.17, 15) is 14.4 Å². The van der Waals surface area contributed by atoms with Crippen LogP contribution in [0.15, 0.2) is 23.2 Å². The zero-order valence-electron chi connectivity index (χ0n) is 15.6. The van der Waals surface area contributed by atoms with Crippen LogP contribution in [0.1, 0.15) is 30.7 Å². The normalized spacial score (nSPS) is 11.6. The SMILES string of the molecule is COC(=O)Cn1c(=NC(=O)c2sc(C)nc2C)sc2cc(C(=O)OC)ccc21. The Morgan fingerprint density at radius 1 is 1.14 bits per heavy atom. The number of rotatable bonds is 4. The van der Waals surface area contributed by atoms with Crippen molar-refractivity contribution in [2.24, 2.45) is 4.99 Å². The van der Waals surface area contributed by atoms with Gasteiger partial charge in [-0.2, -0.15) is 4.99 Å². The number of carbonyl (C=O) groups is 3. The summed E-state index contributed by atoms with van der Waals surface area (Å²) in [6.07, 6.45) is 0. The number of amides is 1. The van der Waals surface area contributed by atoms with E-state index in [1.54, 1.807) is 29.7 Å². The van der Waals surface area contributed by atoms with Crippen LogP contribution in [0.2, 0.25) is 0 Å². The van der Waals surface area contributed by atoms with Crippen molar-refractivity contribution in [3.8, 4) is 0 Å². The maximum Gasteiger partial charge on any atom is 0.337 e. The Kier molecular flexibility index (Phi) is 5.71. The maximum absolute atomic E-state index is 12.7. The van der Waals surface area contributed by atoms with E-state index < -0.39 is 17.8 Å². The van der Waals surface area contributed by atoms with Gasteiger partial charge >= 0.3 is 11.9 Å². The summed E-state index contributed by atoms with van der Waals surface area (Å²) in [4.78, 5) is 45.6. The summed E-state index contributed by atoms with van der Waals surface area (Å²) in [6, 6.07) is 4.93. The molecule has 0 atom stereocenters. The Bertz CT molecular complexity index is 1160. The molecule has 0 fully saturated rings. The van der Waals surface area contributed by atoms with E-state index in [-0.39, 0.29) is 6.54 Å². The van der Waals surface area contributed by atoms with E-state index in [0.29, 0.717) is 31.2 Å². The molecule has 0 radical (unpaired) electrons. The number of methoxy groups -OCH3 is 2. The van der Waals surface area contributed by atoms with Crippen LogP contribution in [0.3, 0.4) is 0 Å². The Hall–Kier alpha value is -2.85. The van der Waals surface area contributed by atoms with Gasteiger partial charge < -0.3 is 14.0 Å². The van der Waals surface area contributed by atoms with E-state index in [0.717, 1.165) is 5.01 Å². The fraction of sp³-hybridized carbons (Fsp3) is 0.278. The summed E-state index contributed by atoms with van der Waals surface area (Å²) >= 11 is 2.47. The Labute approximate surface area is 168 Å². The summed E-state index contributed by atoms with van der Waals surface area (Å²) in [7, 11) is 2.59. The number of aromatic nitrogens is 2. The number of carbonyl (C=O) groups excluding carboxylic acids is 3. The summed E-state index contributed by atoms with van der Waals surface area (Å²) in [5.41, 5.74) is 1.64. The van der Waals surface area contributed by atoms with Gasteiger partial charge in [0, 0.05) is 0 Å². The number of nitrogens with zero attached hydrogens (tertiary/aromatic N) is 3. The van der Waals surface area contributed by atoms with Crippen LogP contribution in [-0.2, 0) is 20.8 Å². The van der Waals surface area contributed by atoms with Gasteiger partial charge in [0.1, 0.15) is 11.4 Å². The highest BCUT2D eigenvalue weighted by atomic mass is 32.1. The minimum Gasteiger partial charge on any atom is -0.468 e. The van der Waals surface area contributed by atoms with E-state index in [4.69, 9.17) is 9.47 Å². The average Bonchev–Trinajstić information content (AvgIpc) is 3.19. The molecule has 0 bridgehead atoms. The molecule has 0 saturated carbocycles. The number of hydrogen-bond donors (Lipinski definition) is 0. The largest absolute Gasteiger partial charge is 0.468 e. The fourth-order valence-corrected chi connectivity index (χ4v) is 4.49. The van der Waals surface area contributed by atoms with Crippen molar-refractivity contribution in [2.45, 2.75) is 20.4 Å². The van der Waals surface area contributed by atoms with Crippen molar-refractivity contribution < 1.29 is 23.9 Å². The average molecular weight is 419 g/mol. The lowest BCUT2D eigenvalue weighted by molar-refractivity contribution is -0.141. The second-order valence-electron chi connectivity index (χ2n) is 5.79. The van der Waals surface area contributed by atoms with Gasteiger partial charge in [0.15, 0.2) is 4.80 Å². The highest BCUT2D eigenvalue weighted by molar-refractivity contribution is 7.16. The highest BCUT2D eigenvalue weighted by Crippen LogP contribution is 2.21. The van der Waals surface area contributed by atoms with E-state index in [1.807, 2.05) is 6.92 Å². The number of thiazole rings is 2. The number of benzene rings is 1. The molecule has 10 heteroatoms. The van der Waals surface area contributed by atoms with E-state index in [2.05, 4.69) is 9.98 Å². The first kappa shape index (κ1) is 19.9. The van der Waals surface area contributed by atoms with E-state index >= 15 is 0 Å². The molecule has 0 spiro atoms. The first-order valence-electron chi connectivity index (χ1n) is 8.15. The highest BCUT2D eigenvalue weighted by Gasteiger charge is 2.17. The molecule has 1 aromatic carbocycles. The fourth-order valence-electron chi connectivity index (χ4n) is 2.62. The van der Waals surface area contributed by atoms with Gasteiger partial charge in [0.25, 0.3) is 5.91 Å². The maximum atomic E-state index is 12.7. The minimum absolute atomic E-state index is 0.110. The number of ether oxygens (including phenoxy) is 2. The number of aryl methyl sites for hydroxylation is 2. The van der Waals surface area contributed by atoms with Crippen molar-refractivity contribution >= 4 is 50.7 Å². The zero-order chi connectivity index (χ0) is 20.4. The molecule has 146 valence electrons. The summed E-state index contributed by atoms with van der Waals surface area (Å²) in [6.45, 7) is 3.46. The molecule has 0 aliphatic rings. The Balaban J connectivity index is 2.17. The van der Waals surface area contributed by atoms with Crippen molar-refractivity contribution in [3.05, 3.63) is 44.1 Å². The molecule has 3 rings (SSSR count). The molecule has 3 aromatic rings. The quantitative estimate of drug-likeness (QED) is 0.603. The van der Waals surface area contributed by atoms with Crippen LogP contribution in [0.4, 0.5) is 0 Å². The van der Waals surface area contributed by atoms with Gasteiger partial charge in [-0.25, -0.2) is 9.78 Å². The lowest BCUT2D eigenvalue weighted by atomic mass is 10.2. The molecule has 0 N–H and O–H groups in total. The second-order valence-corrected chi connectivity index (χ2v) is 8.00. The molecule has 0 saturated heterocycles. The van der Waals surface area contributed by atoms with Crippen LogP contribution in [0.5, 0.6) is 0 Å². The van der Waals surface area contributed by atoms with Crippen molar-refractivity contribution in [3.63, 3.8) is 0 Å². The predicted octanol–water partition coefficient (Wildman–Crippen LogP) is 2.48. The molecule has 2 aromatic heterocycles. The molecular weight excluding hydrogens is 402 g/mol. The van der Waals surface area contributed by atoms with Crippen molar-refractivity contribution in [2.75, 3.05) is 14.2 Å². The molecule has 0 aliphatic carbocycles. The molecule has 0 unspecified atom stereocenters. The summed E-state index contributed by atoms with van der Waals surface area (Å²) < 4.78 is 11.8. The standard InChI is InChI=1S/C18H17N3O5S2/c1-9-15(27-10(2)19-9)16(23)20-18-21(8-14(22)25-3)12-6-5-11(17(24)26-4)7-13(12)28-18/h5-7H,8H2,1-4H3. The number of esters is 2. The van der Waals surface area contributed by atoms with Crippen LogP contribution >= 0.6 is 22.7 Å². The third-order valence-electron chi connectivity index (χ3n) is 3.91. The molecule has 28 heavy (non-hydrogen) atoms. The molecule has 2 heterocycles. The van der Waals surface area contributed by atoms with Gasteiger partial charge in [-0.15, -0.1) is 11.3 Å². The van der Waals surface area contributed by atoms with Crippen LogP contribution in [-0.4, -0.2) is 41.6 Å². The van der Waals surface area contributed by atoms with Gasteiger partial charge in [-0.05, 0) is 32.0 Å². The van der Waals surface area contributed by atoms with Gasteiger partial charge in [-0.3, -0.25) is 9.59 Å². The van der Waals surface area contributed by atoms with Crippen LogP contribution < -0.4 is 4.80 Å². The molecule has 1 amide bonds. The van der Waals surface area contributed by atoms with Gasteiger partial charge in [-0.1, -0.05) is 11.3 Å². The van der Waals surface area contributed by atoms with Gasteiger partial charge in [0.2, 0.25) is 0 Å². The molecule has 8 nitrogen and oxygen atoms in total. The first-order valence-corrected chi connectivity index (χ1v) is 9.79. The van der Waals surface area contributed by atoms with Crippen LogP contribution in [0.25, 0.3) is 10.2 Å². The lowest BCUT2D eigenvalue weighted by Gasteiger charge is -2.04. The molecular formula is C18H17N3O5S2. The minimum atomic E-state index is -0.476. The second kappa shape index (κ2) is 8.03. The third kappa shape index (κ3) is 3.87. The zero-order valence-corrected chi connectivity index (χ0v) is 17.3. The van der Waals surface area contributed by atoms with Crippen molar-refractivity contribution in [1.29, 1.82) is 0 Å². The molecule has 0 aliphatic heterocycles. The Morgan fingerprint density at radius 3 is 2.50 bits per heavy atom. The summed E-state index contributed by atoms with van der Waals surface area (Å²) in [5.74, 6) is -1.38. The monoisotopic (exact) mass is 419 g/mol.